The molecule has 0 unspecified atom stereocenters. The number of furan rings is 1. The highest BCUT2D eigenvalue weighted by Crippen LogP contribution is 2.35. The number of nitrogens with zero attached hydrogens (tertiary/aromatic N) is 2. The summed E-state index contributed by atoms with van der Waals surface area (Å²) in [6.07, 6.45) is 0.613. The molecule has 0 bridgehead atoms. The third kappa shape index (κ3) is 3.77. The van der Waals surface area contributed by atoms with Gasteiger partial charge in [-0.1, -0.05) is 40.2 Å². The van der Waals surface area contributed by atoms with E-state index in [-0.39, 0.29) is 17.7 Å². The number of hydrogen-bond acceptors (Lipinski definition) is 4. The van der Waals surface area contributed by atoms with Gasteiger partial charge in [-0.2, -0.15) is 5.10 Å². The maximum absolute atomic E-state index is 13.1. The molecule has 1 amide bonds. The zero-order valence-corrected chi connectivity index (χ0v) is 18.1. The fraction of sp³-hybridized carbons (Fsp3) is 0.143. The maximum atomic E-state index is 13.1. The molecular weight excluding hydrogens is 488 g/mol. The van der Waals surface area contributed by atoms with Crippen molar-refractivity contribution in [2.45, 2.75) is 12.5 Å². The monoisotopic (exact) mass is 502 g/mol. The molecule has 5 nitrogen and oxygen atoms in total. The largest absolute Gasteiger partial charge is 0.497 e. The molecule has 142 valence electrons. The minimum atomic E-state index is -0.279. The minimum absolute atomic E-state index is 0.221. The molecule has 3 aromatic rings. The van der Waals surface area contributed by atoms with Gasteiger partial charge < -0.3 is 9.15 Å². The van der Waals surface area contributed by atoms with E-state index in [1.54, 1.807) is 19.2 Å². The Kier molecular flexibility index (Phi) is 5.37. The van der Waals surface area contributed by atoms with Crippen LogP contribution in [0.4, 0.5) is 0 Å². The summed E-state index contributed by atoms with van der Waals surface area (Å²) in [5, 5.41) is 6.16. The van der Waals surface area contributed by atoms with Crippen LogP contribution in [0, 0.1) is 0 Å². The van der Waals surface area contributed by atoms with E-state index in [0.29, 0.717) is 11.1 Å². The zero-order valence-electron chi connectivity index (χ0n) is 14.9. The van der Waals surface area contributed by atoms with Gasteiger partial charge in [0.15, 0.2) is 10.4 Å². The molecule has 0 aliphatic carbocycles. The van der Waals surface area contributed by atoms with Gasteiger partial charge in [-0.15, -0.1) is 0 Å². The van der Waals surface area contributed by atoms with Crippen molar-refractivity contribution in [3.63, 3.8) is 0 Å². The van der Waals surface area contributed by atoms with E-state index in [2.05, 4.69) is 37.0 Å². The average Bonchev–Trinajstić information content (AvgIpc) is 3.35. The second-order valence-electron chi connectivity index (χ2n) is 6.30. The molecule has 0 radical (unpaired) electrons. The molecule has 4 rings (SSSR count). The van der Waals surface area contributed by atoms with Crippen LogP contribution in [-0.4, -0.2) is 23.7 Å². The van der Waals surface area contributed by atoms with Crippen LogP contribution in [-0.2, 0) is 0 Å². The topological polar surface area (TPSA) is 55.0 Å². The first-order chi connectivity index (χ1) is 13.5. The number of ether oxygens (including phenoxy) is 1. The first-order valence-corrected chi connectivity index (χ1v) is 10.2. The highest BCUT2D eigenvalue weighted by atomic mass is 79.9. The minimum Gasteiger partial charge on any atom is -0.497 e. The van der Waals surface area contributed by atoms with Gasteiger partial charge in [-0.3, -0.25) is 4.79 Å². The molecule has 7 heteroatoms. The van der Waals surface area contributed by atoms with Gasteiger partial charge in [0.2, 0.25) is 0 Å². The van der Waals surface area contributed by atoms with Gasteiger partial charge in [0.05, 0.1) is 18.9 Å². The second kappa shape index (κ2) is 7.93. The molecule has 1 aliphatic heterocycles. The lowest BCUT2D eigenvalue weighted by atomic mass is 9.98. The van der Waals surface area contributed by atoms with Gasteiger partial charge in [-0.05, 0) is 63.5 Å². The Balaban J connectivity index is 1.71. The second-order valence-corrected chi connectivity index (χ2v) is 8.00. The number of carbonyl (C=O) groups is 1. The van der Waals surface area contributed by atoms with E-state index < -0.39 is 0 Å². The zero-order chi connectivity index (χ0) is 19.7. The van der Waals surface area contributed by atoms with E-state index >= 15 is 0 Å². The van der Waals surface area contributed by atoms with Crippen molar-refractivity contribution in [3.05, 3.63) is 86.7 Å². The summed E-state index contributed by atoms with van der Waals surface area (Å²) in [7, 11) is 1.63. The van der Waals surface area contributed by atoms with Crippen LogP contribution in [0.2, 0.25) is 0 Å². The molecule has 1 aliphatic rings. The molecule has 1 atom stereocenters. The molecule has 2 aromatic carbocycles. The lowest BCUT2D eigenvalue weighted by Crippen LogP contribution is -2.26. The number of carbonyl (C=O) groups excluding carboxylic acids is 1. The van der Waals surface area contributed by atoms with Crippen LogP contribution >= 0.6 is 31.9 Å². The van der Waals surface area contributed by atoms with Crippen LogP contribution in [0.1, 0.15) is 34.1 Å². The molecule has 0 saturated heterocycles. The van der Waals surface area contributed by atoms with E-state index in [4.69, 9.17) is 9.15 Å². The standard InChI is InChI=1S/C21H16Br2N2O3/c1-27-16-8-4-14(5-9-16)18-12-17(13-2-6-15(22)7-3-13)24-25(18)21(26)19-10-11-20(23)28-19/h2-11,18H,12H2,1H3/t18-/m0/s1. The number of halogens is 2. The SMILES string of the molecule is COc1ccc([C@@H]2CC(c3ccc(Br)cc3)=NN2C(=O)c2ccc(Br)o2)cc1. The summed E-state index contributed by atoms with van der Waals surface area (Å²) >= 11 is 6.70. The number of benzene rings is 2. The van der Waals surface area contributed by atoms with Crippen molar-refractivity contribution >= 4 is 43.5 Å². The third-order valence-electron chi connectivity index (χ3n) is 4.58. The van der Waals surface area contributed by atoms with Gasteiger partial charge in [0.25, 0.3) is 0 Å². The van der Waals surface area contributed by atoms with E-state index in [1.165, 1.54) is 5.01 Å². The van der Waals surface area contributed by atoms with Crippen molar-refractivity contribution in [2.75, 3.05) is 7.11 Å². The third-order valence-corrected chi connectivity index (χ3v) is 5.54. The van der Waals surface area contributed by atoms with E-state index in [9.17, 15) is 4.79 Å². The van der Waals surface area contributed by atoms with Crippen molar-refractivity contribution < 1.29 is 13.9 Å². The lowest BCUT2D eigenvalue weighted by Gasteiger charge is -2.21. The Morgan fingerprint density at radius 1 is 1.07 bits per heavy atom. The predicted molar refractivity (Wildman–Crippen MR) is 114 cm³/mol. The Labute approximate surface area is 179 Å². The summed E-state index contributed by atoms with van der Waals surface area (Å²) in [5.41, 5.74) is 2.82. The Bertz CT molecular complexity index is 1030. The van der Waals surface area contributed by atoms with E-state index in [1.807, 2.05) is 48.5 Å². The summed E-state index contributed by atoms with van der Waals surface area (Å²) in [5.74, 6) is 0.730. The molecular formula is C21H16Br2N2O3. The van der Waals surface area contributed by atoms with Gasteiger partial charge in [-0.25, -0.2) is 5.01 Å². The molecule has 0 saturated carbocycles. The van der Waals surface area contributed by atoms with Crippen molar-refractivity contribution in [1.29, 1.82) is 0 Å². The Hall–Kier alpha value is -2.38. The summed E-state index contributed by atoms with van der Waals surface area (Å²) in [6, 6.07) is 18.7. The van der Waals surface area contributed by atoms with Crippen LogP contribution in [0.15, 0.2) is 79.3 Å². The highest BCUT2D eigenvalue weighted by molar-refractivity contribution is 9.10. The fourth-order valence-corrected chi connectivity index (χ4v) is 3.71. The van der Waals surface area contributed by atoms with E-state index in [0.717, 1.165) is 27.1 Å². The summed E-state index contributed by atoms with van der Waals surface area (Å²) < 4.78 is 12.2. The number of methoxy groups -OCH3 is 1. The number of amides is 1. The van der Waals surface area contributed by atoms with Gasteiger partial charge in [0, 0.05) is 10.9 Å². The smallest absolute Gasteiger partial charge is 0.310 e. The normalized spacial score (nSPS) is 16.2. The quantitative estimate of drug-likeness (QED) is 0.451. The highest BCUT2D eigenvalue weighted by Gasteiger charge is 2.35. The Morgan fingerprint density at radius 2 is 1.79 bits per heavy atom. The number of hydrazone groups is 1. The molecule has 1 aromatic heterocycles. The first kappa shape index (κ1) is 19.0. The van der Waals surface area contributed by atoms with Crippen molar-refractivity contribution in [1.82, 2.24) is 5.01 Å². The molecule has 0 spiro atoms. The van der Waals surface area contributed by atoms with Crippen molar-refractivity contribution in [3.8, 4) is 5.75 Å². The van der Waals surface area contributed by atoms with Gasteiger partial charge >= 0.3 is 5.91 Å². The maximum Gasteiger partial charge on any atom is 0.310 e. The van der Waals surface area contributed by atoms with Crippen molar-refractivity contribution in [2.24, 2.45) is 5.10 Å². The molecule has 0 N–H and O–H groups in total. The van der Waals surface area contributed by atoms with Gasteiger partial charge in [0.1, 0.15) is 5.75 Å². The Morgan fingerprint density at radius 3 is 2.39 bits per heavy atom. The first-order valence-electron chi connectivity index (χ1n) is 8.61. The number of hydrogen-bond donors (Lipinski definition) is 0. The fourth-order valence-electron chi connectivity index (χ4n) is 3.14. The van der Waals surface area contributed by atoms with Crippen LogP contribution < -0.4 is 4.74 Å². The van der Waals surface area contributed by atoms with Crippen LogP contribution in [0.5, 0.6) is 5.75 Å². The summed E-state index contributed by atoms with van der Waals surface area (Å²) in [6.45, 7) is 0. The molecule has 28 heavy (non-hydrogen) atoms. The molecule has 0 fully saturated rings. The number of rotatable bonds is 4. The average molecular weight is 504 g/mol. The lowest BCUT2D eigenvalue weighted by molar-refractivity contribution is 0.0677. The summed E-state index contributed by atoms with van der Waals surface area (Å²) in [4.78, 5) is 13.1. The van der Waals surface area contributed by atoms with Crippen LogP contribution in [0.3, 0.4) is 0 Å². The predicted octanol–water partition coefficient (Wildman–Crippen LogP) is 5.80. The van der Waals surface area contributed by atoms with Crippen LogP contribution in [0.25, 0.3) is 0 Å². The molecule has 2 heterocycles.